The Labute approximate surface area is 94.1 Å². The summed E-state index contributed by atoms with van der Waals surface area (Å²) in [6, 6.07) is 5.25. The van der Waals surface area contributed by atoms with E-state index in [1.807, 2.05) is 0 Å². The first-order valence-electron chi connectivity index (χ1n) is 4.72. The average molecular weight is 222 g/mol. The van der Waals surface area contributed by atoms with Gasteiger partial charge in [0.15, 0.2) is 0 Å². The highest BCUT2D eigenvalue weighted by atomic mass is 16.5. The normalized spacial score (nSPS) is 11.1. The number of aliphatic carboxylic acids is 1. The Bertz CT molecular complexity index is 421. The molecule has 1 aromatic carbocycles. The van der Waals surface area contributed by atoms with Gasteiger partial charge in [-0.25, -0.2) is 4.79 Å². The molecular weight excluding hydrogens is 208 g/mol. The zero-order chi connectivity index (χ0) is 12.1. The predicted molar refractivity (Wildman–Crippen MR) is 60.8 cm³/mol. The molecule has 0 aliphatic heterocycles. The van der Waals surface area contributed by atoms with Crippen LogP contribution in [-0.4, -0.2) is 25.3 Å². The van der Waals surface area contributed by atoms with Crippen LogP contribution in [0.3, 0.4) is 0 Å². The van der Waals surface area contributed by atoms with Crippen LogP contribution in [0.2, 0.25) is 0 Å². The highest BCUT2D eigenvalue weighted by Gasteiger charge is 2.07. The van der Waals surface area contributed by atoms with Crippen LogP contribution >= 0.6 is 0 Å². The summed E-state index contributed by atoms with van der Waals surface area (Å²) in [4.78, 5) is 10.6. The van der Waals surface area contributed by atoms with Crippen LogP contribution in [0.5, 0.6) is 11.5 Å². The minimum atomic E-state index is -0.977. The van der Waals surface area contributed by atoms with Gasteiger partial charge in [-0.2, -0.15) is 0 Å². The fraction of sp³-hybridized carbons (Fsp3) is 0.250. The van der Waals surface area contributed by atoms with Gasteiger partial charge >= 0.3 is 5.97 Å². The van der Waals surface area contributed by atoms with Gasteiger partial charge in [0, 0.05) is 17.7 Å². The first-order valence-corrected chi connectivity index (χ1v) is 4.72. The monoisotopic (exact) mass is 222 g/mol. The highest BCUT2D eigenvalue weighted by molar-refractivity contribution is 5.90. The van der Waals surface area contributed by atoms with E-state index in [9.17, 15) is 4.79 Å². The topological polar surface area (TPSA) is 55.8 Å². The largest absolute Gasteiger partial charge is 0.497 e. The van der Waals surface area contributed by atoms with Gasteiger partial charge in [0.25, 0.3) is 0 Å². The number of benzene rings is 1. The molecule has 0 fully saturated rings. The van der Waals surface area contributed by atoms with Gasteiger partial charge in [-0.3, -0.25) is 0 Å². The second kappa shape index (κ2) is 5.21. The molecule has 0 saturated heterocycles. The number of hydrogen-bond acceptors (Lipinski definition) is 3. The third-order valence-corrected chi connectivity index (χ3v) is 2.17. The lowest BCUT2D eigenvalue weighted by atomic mass is 10.1. The molecule has 0 saturated carbocycles. The van der Waals surface area contributed by atoms with Crippen molar-refractivity contribution in [2.45, 2.75) is 6.92 Å². The molecule has 0 amide bonds. The van der Waals surface area contributed by atoms with Gasteiger partial charge < -0.3 is 14.6 Å². The smallest absolute Gasteiger partial charge is 0.328 e. The Morgan fingerprint density at radius 3 is 2.50 bits per heavy atom. The molecule has 0 unspecified atom stereocenters. The van der Waals surface area contributed by atoms with E-state index in [2.05, 4.69) is 0 Å². The van der Waals surface area contributed by atoms with Crippen molar-refractivity contribution < 1.29 is 19.4 Å². The quantitative estimate of drug-likeness (QED) is 0.793. The van der Waals surface area contributed by atoms with E-state index in [0.29, 0.717) is 17.1 Å². The fourth-order valence-corrected chi connectivity index (χ4v) is 1.39. The van der Waals surface area contributed by atoms with E-state index in [1.165, 1.54) is 7.11 Å². The Kier molecular flexibility index (Phi) is 3.94. The van der Waals surface area contributed by atoms with Crippen molar-refractivity contribution in [3.63, 3.8) is 0 Å². The van der Waals surface area contributed by atoms with Crippen LogP contribution in [0.4, 0.5) is 0 Å². The molecular formula is C12H14O4. The van der Waals surface area contributed by atoms with Gasteiger partial charge in [-0.15, -0.1) is 0 Å². The summed E-state index contributed by atoms with van der Waals surface area (Å²) in [6.45, 7) is 1.72. The Morgan fingerprint density at radius 1 is 1.31 bits per heavy atom. The van der Waals surface area contributed by atoms with E-state index in [4.69, 9.17) is 14.6 Å². The molecule has 0 aliphatic carbocycles. The molecule has 0 spiro atoms. The second-order valence-corrected chi connectivity index (χ2v) is 3.23. The van der Waals surface area contributed by atoms with Gasteiger partial charge in [0.2, 0.25) is 0 Å². The lowest BCUT2D eigenvalue weighted by molar-refractivity contribution is -0.131. The molecule has 0 aromatic heterocycles. The van der Waals surface area contributed by atoms with Crippen LogP contribution in [0.15, 0.2) is 24.3 Å². The maximum atomic E-state index is 10.6. The summed E-state index contributed by atoms with van der Waals surface area (Å²) in [6.07, 6.45) is 1.14. The second-order valence-electron chi connectivity index (χ2n) is 3.23. The molecule has 1 N–H and O–H groups in total. The van der Waals surface area contributed by atoms with E-state index >= 15 is 0 Å². The SMILES string of the molecule is COc1ccc(/C(C)=C\C(=O)O)c(OC)c1. The van der Waals surface area contributed by atoms with Crippen molar-refractivity contribution in [2.24, 2.45) is 0 Å². The van der Waals surface area contributed by atoms with Crippen LogP contribution in [0.25, 0.3) is 5.57 Å². The summed E-state index contributed by atoms with van der Waals surface area (Å²) in [5, 5.41) is 8.67. The van der Waals surface area contributed by atoms with Crippen molar-refractivity contribution in [2.75, 3.05) is 14.2 Å². The Morgan fingerprint density at radius 2 is 2.00 bits per heavy atom. The maximum absolute atomic E-state index is 10.6. The van der Waals surface area contributed by atoms with Gasteiger partial charge in [-0.1, -0.05) is 0 Å². The summed E-state index contributed by atoms with van der Waals surface area (Å²) in [5.74, 6) is 0.286. The minimum Gasteiger partial charge on any atom is -0.497 e. The standard InChI is InChI=1S/C12H14O4/c1-8(6-12(13)14)10-5-4-9(15-2)7-11(10)16-3/h4-7H,1-3H3,(H,13,14)/b8-6-. The van der Waals surface area contributed by atoms with E-state index in [0.717, 1.165) is 11.6 Å². The average Bonchev–Trinajstić information content (AvgIpc) is 2.27. The number of carboxylic acid groups (broad SMARTS) is 1. The zero-order valence-electron chi connectivity index (χ0n) is 9.48. The van der Waals surface area contributed by atoms with Crippen molar-refractivity contribution >= 4 is 11.5 Å². The summed E-state index contributed by atoms with van der Waals surface area (Å²) in [7, 11) is 3.10. The molecule has 86 valence electrons. The number of rotatable bonds is 4. The van der Waals surface area contributed by atoms with E-state index in [-0.39, 0.29) is 0 Å². The molecule has 0 radical (unpaired) electrons. The third kappa shape index (κ3) is 2.76. The van der Waals surface area contributed by atoms with E-state index in [1.54, 1.807) is 32.2 Å². The molecule has 4 nitrogen and oxygen atoms in total. The number of carbonyl (C=O) groups is 1. The molecule has 4 heteroatoms. The minimum absolute atomic E-state index is 0.592. The lowest BCUT2D eigenvalue weighted by Gasteiger charge is -2.10. The first-order chi connectivity index (χ1) is 7.58. The number of allylic oxidation sites excluding steroid dienone is 1. The molecule has 0 heterocycles. The van der Waals surface area contributed by atoms with Crippen molar-refractivity contribution in [1.29, 1.82) is 0 Å². The summed E-state index contributed by atoms with van der Waals surface area (Å²) in [5.41, 5.74) is 1.37. The Balaban J connectivity index is 3.18. The van der Waals surface area contributed by atoms with Gasteiger partial charge in [-0.05, 0) is 24.6 Å². The predicted octanol–water partition coefficient (Wildman–Crippen LogP) is 2.19. The Hall–Kier alpha value is -1.97. The molecule has 0 aliphatic rings. The molecule has 16 heavy (non-hydrogen) atoms. The fourth-order valence-electron chi connectivity index (χ4n) is 1.39. The van der Waals surface area contributed by atoms with Crippen LogP contribution in [-0.2, 0) is 4.79 Å². The molecule has 1 rings (SSSR count). The lowest BCUT2D eigenvalue weighted by Crippen LogP contribution is -1.94. The highest BCUT2D eigenvalue weighted by Crippen LogP contribution is 2.29. The number of carboxylic acids is 1. The van der Waals surface area contributed by atoms with Crippen molar-refractivity contribution in [3.8, 4) is 11.5 Å². The maximum Gasteiger partial charge on any atom is 0.328 e. The number of ether oxygens (including phenoxy) is 2. The molecule has 1 aromatic rings. The van der Waals surface area contributed by atoms with Crippen LogP contribution in [0, 0.1) is 0 Å². The summed E-state index contributed by atoms with van der Waals surface area (Å²) < 4.78 is 10.2. The van der Waals surface area contributed by atoms with Gasteiger partial charge in [0.1, 0.15) is 11.5 Å². The number of hydrogen-bond donors (Lipinski definition) is 1. The van der Waals surface area contributed by atoms with Crippen molar-refractivity contribution in [1.82, 2.24) is 0 Å². The first kappa shape index (κ1) is 12.1. The molecule has 0 bridgehead atoms. The van der Waals surface area contributed by atoms with Gasteiger partial charge in [0.05, 0.1) is 14.2 Å². The third-order valence-electron chi connectivity index (χ3n) is 2.17. The zero-order valence-corrected chi connectivity index (χ0v) is 9.48. The molecule has 0 atom stereocenters. The van der Waals surface area contributed by atoms with Crippen LogP contribution < -0.4 is 9.47 Å². The summed E-state index contributed by atoms with van der Waals surface area (Å²) >= 11 is 0. The van der Waals surface area contributed by atoms with E-state index < -0.39 is 5.97 Å². The van der Waals surface area contributed by atoms with Crippen LogP contribution in [0.1, 0.15) is 12.5 Å². The van der Waals surface area contributed by atoms with Crippen molar-refractivity contribution in [3.05, 3.63) is 29.8 Å². The number of methoxy groups -OCH3 is 2.